The van der Waals surface area contributed by atoms with Crippen LogP contribution in [0.5, 0.6) is 0 Å². The lowest BCUT2D eigenvalue weighted by Crippen LogP contribution is -2.32. The predicted octanol–water partition coefficient (Wildman–Crippen LogP) is 3.02. The topological polar surface area (TPSA) is 86.0 Å². The number of halogens is 2. The number of aryl methyl sites for hydroxylation is 1. The largest absolute Gasteiger partial charge is 0.358 e. The molecule has 150 valence electrons. The van der Waals surface area contributed by atoms with Crippen LogP contribution in [0.4, 0.5) is 10.1 Å². The molecule has 0 saturated heterocycles. The second-order valence-electron chi connectivity index (χ2n) is 6.48. The lowest BCUT2D eigenvalue weighted by Gasteiger charge is -2.06. The molecule has 2 aromatic rings. The molecule has 1 aromatic carbocycles. The molecule has 8 heteroatoms. The molecule has 0 radical (unpaired) electrons. The van der Waals surface area contributed by atoms with Crippen LogP contribution in [0.15, 0.2) is 18.2 Å². The number of aromatic nitrogens is 1. The van der Waals surface area contributed by atoms with E-state index in [4.69, 9.17) is 0 Å². The number of amides is 2. The van der Waals surface area contributed by atoms with Gasteiger partial charge in [0.2, 0.25) is 0 Å². The van der Waals surface area contributed by atoms with Gasteiger partial charge in [-0.05, 0) is 50.2 Å². The first-order chi connectivity index (χ1) is 12.9. The van der Waals surface area contributed by atoms with E-state index in [9.17, 15) is 14.0 Å². The smallest absolute Gasteiger partial charge is 0.256 e. The molecule has 2 amide bonds. The molecular weight excluding hydrogens is 383 g/mol. The zero-order valence-electron chi connectivity index (χ0n) is 16.0. The van der Waals surface area contributed by atoms with Crippen LogP contribution in [-0.2, 0) is 4.79 Å². The summed E-state index contributed by atoms with van der Waals surface area (Å²) in [6.07, 6.45) is 1.67. The number of aromatic amines is 1. The Labute approximate surface area is 169 Å². The van der Waals surface area contributed by atoms with Gasteiger partial charge in [-0.2, -0.15) is 0 Å². The van der Waals surface area contributed by atoms with E-state index >= 15 is 0 Å². The fourth-order valence-corrected chi connectivity index (χ4v) is 3.24. The van der Waals surface area contributed by atoms with Crippen molar-refractivity contribution in [1.82, 2.24) is 15.6 Å². The highest BCUT2D eigenvalue weighted by Crippen LogP contribution is 2.34. The third-order valence-electron chi connectivity index (χ3n) is 4.59. The van der Waals surface area contributed by atoms with Crippen molar-refractivity contribution < 1.29 is 14.0 Å². The van der Waals surface area contributed by atoms with Gasteiger partial charge in [-0.3, -0.25) is 9.59 Å². The fourth-order valence-electron chi connectivity index (χ4n) is 3.24. The summed E-state index contributed by atoms with van der Waals surface area (Å²) < 4.78 is 13.6. The monoisotopic (exact) mass is 406 g/mol. The molecule has 0 saturated carbocycles. The van der Waals surface area contributed by atoms with Crippen molar-refractivity contribution >= 4 is 41.6 Å². The number of hydrogen-bond donors (Lipinski definition) is 4. The maximum absolute atomic E-state index is 13.6. The van der Waals surface area contributed by atoms with E-state index < -0.39 is 5.82 Å². The fraction of sp³-hybridized carbons (Fsp3) is 0.300. The van der Waals surface area contributed by atoms with Crippen molar-refractivity contribution in [3.8, 4) is 0 Å². The van der Waals surface area contributed by atoms with Crippen LogP contribution in [-0.4, -0.2) is 36.4 Å². The Bertz CT molecular complexity index is 937. The van der Waals surface area contributed by atoms with Crippen molar-refractivity contribution in [2.45, 2.75) is 20.8 Å². The van der Waals surface area contributed by atoms with Gasteiger partial charge in [-0.25, -0.2) is 4.39 Å². The lowest BCUT2D eigenvalue weighted by molar-refractivity contribution is -0.110. The lowest BCUT2D eigenvalue weighted by atomic mass is 10.0. The number of H-pyrrole nitrogens is 1. The van der Waals surface area contributed by atoms with Gasteiger partial charge >= 0.3 is 0 Å². The Balaban J connectivity index is 0.00000280. The summed E-state index contributed by atoms with van der Waals surface area (Å²) >= 11 is 0. The highest BCUT2D eigenvalue weighted by molar-refractivity contribution is 6.34. The van der Waals surface area contributed by atoms with Crippen LogP contribution in [0, 0.1) is 19.7 Å². The van der Waals surface area contributed by atoms with Gasteiger partial charge in [0.1, 0.15) is 5.82 Å². The standard InChI is InChI=1S/C20H23FN4O2.ClH/c1-4-22-7-8-23-20(27)18-11(2)17(24-12(18)3)10-15-14-9-13(21)5-6-16(14)25-19(15)26;/h5-6,9-10,22,24H,4,7-8H2,1-3H3,(H,23,27)(H,25,26);1H/b15-10-;. The van der Waals surface area contributed by atoms with E-state index in [1.165, 1.54) is 12.1 Å². The average molecular weight is 407 g/mol. The molecule has 0 aliphatic carbocycles. The number of rotatable bonds is 6. The van der Waals surface area contributed by atoms with E-state index in [1.54, 1.807) is 12.1 Å². The summed E-state index contributed by atoms with van der Waals surface area (Å²) in [6.45, 7) is 7.72. The van der Waals surface area contributed by atoms with Gasteiger partial charge in [-0.15, -0.1) is 12.4 Å². The van der Waals surface area contributed by atoms with Crippen LogP contribution in [0.2, 0.25) is 0 Å². The minimum atomic E-state index is -0.406. The first-order valence-electron chi connectivity index (χ1n) is 8.93. The molecule has 1 aliphatic rings. The Hall–Kier alpha value is -2.64. The molecule has 0 atom stereocenters. The molecule has 0 bridgehead atoms. The zero-order valence-corrected chi connectivity index (χ0v) is 16.8. The molecule has 1 aliphatic heterocycles. The zero-order chi connectivity index (χ0) is 19.6. The van der Waals surface area contributed by atoms with Crippen molar-refractivity contribution in [2.75, 3.05) is 25.0 Å². The molecule has 0 fully saturated rings. The van der Waals surface area contributed by atoms with E-state index in [-0.39, 0.29) is 24.2 Å². The number of likely N-dealkylation sites (N-methyl/N-ethyl adjacent to an activating group) is 1. The van der Waals surface area contributed by atoms with Gasteiger partial charge in [0.05, 0.1) is 11.1 Å². The third kappa shape index (κ3) is 4.26. The summed E-state index contributed by atoms with van der Waals surface area (Å²) in [7, 11) is 0. The molecule has 3 rings (SSSR count). The Kier molecular flexibility index (Phi) is 6.99. The van der Waals surface area contributed by atoms with E-state index in [0.29, 0.717) is 41.2 Å². The predicted molar refractivity (Wildman–Crippen MR) is 111 cm³/mol. The molecule has 0 unspecified atom stereocenters. The Morgan fingerprint density at radius 2 is 2.00 bits per heavy atom. The average Bonchev–Trinajstić information content (AvgIpc) is 3.08. The summed E-state index contributed by atoms with van der Waals surface area (Å²) in [4.78, 5) is 27.9. The minimum absolute atomic E-state index is 0. The quantitative estimate of drug-likeness (QED) is 0.439. The van der Waals surface area contributed by atoms with E-state index in [0.717, 1.165) is 17.8 Å². The molecule has 1 aromatic heterocycles. The Morgan fingerprint density at radius 3 is 2.71 bits per heavy atom. The number of carbonyl (C=O) groups excluding carboxylic acids is 2. The van der Waals surface area contributed by atoms with Crippen LogP contribution in [0.3, 0.4) is 0 Å². The van der Waals surface area contributed by atoms with Crippen molar-refractivity contribution in [3.63, 3.8) is 0 Å². The molecule has 2 heterocycles. The number of hydrogen-bond acceptors (Lipinski definition) is 3. The van der Waals surface area contributed by atoms with Gasteiger partial charge in [0, 0.05) is 35.7 Å². The SMILES string of the molecule is CCNCCNC(=O)c1c(C)[nH]c(/C=C2\C(=O)Nc3ccc(F)cc32)c1C.Cl. The summed E-state index contributed by atoms with van der Waals surface area (Å²) in [5.41, 5.74) is 4.16. The maximum Gasteiger partial charge on any atom is 0.256 e. The summed E-state index contributed by atoms with van der Waals surface area (Å²) in [5, 5.41) is 8.76. The van der Waals surface area contributed by atoms with Crippen molar-refractivity contribution in [2.24, 2.45) is 0 Å². The van der Waals surface area contributed by atoms with Gasteiger partial charge in [-0.1, -0.05) is 6.92 Å². The highest BCUT2D eigenvalue weighted by atomic mass is 35.5. The van der Waals surface area contributed by atoms with Crippen LogP contribution in [0.1, 0.15) is 39.8 Å². The number of nitrogens with one attached hydrogen (secondary N) is 4. The second-order valence-corrected chi connectivity index (χ2v) is 6.48. The molecule has 4 N–H and O–H groups in total. The van der Waals surface area contributed by atoms with Crippen LogP contribution >= 0.6 is 12.4 Å². The van der Waals surface area contributed by atoms with E-state index in [2.05, 4.69) is 20.9 Å². The molecular formula is C20H24ClFN4O2. The van der Waals surface area contributed by atoms with Crippen LogP contribution < -0.4 is 16.0 Å². The number of fused-ring (bicyclic) bond motifs is 1. The van der Waals surface area contributed by atoms with Gasteiger partial charge in [0.25, 0.3) is 11.8 Å². The maximum atomic E-state index is 13.6. The van der Waals surface area contributed by atoms with E-state index in [1.807, 2.05) is 20.8 Å². The highest BCUT2D eigenvalue weighted by Gasteiger charge is 2.26. The molecule has 6 nitrogen and oxygen atoms in total. The number of anilines is 1. The summed E-state index contributed by atoms with van der Waals surface area (Å²) in [5.74, 6) is -0.860. The molecule has 0 spiro atoms. The number of carbonyl (C=O) groups is 2. The number of benzene rings is 1. The first-order valence-corrected chi connectivity index (χ1v) is 8.93. The second kappa shape index (κ2) is 9.03. The molecule has 28 heavy (non-hydrogen) atoms. The Morgan fingerprint density at radius 1 is 1.25 bits per heavy atom. The van der Waals surface area contributed by atoms with Crippen LogP contribution in [0.25, 0.3) is 11.6 Å². The third-order valence-corrected chi connectivity index (χ3v) is 4.59. The van der Waals surface area contributed by atoms with Gasteiger partial charge < -0.3 is 20.9 Å². The van der Waals surface area contributed by atoms with Crippen molar-refractivity contribution in [3.05, 3.63) is 52.1 Å². The normalized spacial score (nSPS) is 13.9. The van der Waals surface area contributed by atoms with Crippen molar-refractivity contribution in [1.29, 1.82) is 0 Å². The summed E-state index contributed by atoms with van der Waals surface area (Å²) in [6, 6.07) is 4.18. The minimum Gasteiger partial charge on any atom is -0.358 e. The first kappa shape index (κ1) is 21.7. The van der Waals surface area contributed by atoms with Gasteiger partial charge in [0.15, 0.2) is 0 Å².